The second-order valence-corrected chi connectivity index (χ2v) is 7.12. The minimum atomic E-state index is 0.0911. The number of carbonyl (C=O) groups is 1. The van der Waals surface area contributed by atoms with Crippen LogP contribution >= 0.6 is 0 Å². The van der Waals surface area contributed by atoms with Crippen LogP contribution in [0.5, 0.6) is 0 Å². The van der Waals surface area contributed by atoms with Gasteiger partial charge < -0.3 is 4.90 Å². The first-order valence-corrected chi connectivity index (χ1v) is 9.00. The largest absolute Gasteiger partial charge is 0.303 e. The van der Waals surface area contributed by atoms with Crippen molar-refractivity contribution in [2.75, 3.05) is 19.6 Å². The minimum absolute atomic E-state index is 0.0911. The Balaban J connectivity index is 1.27. The standard InChI is InChI=1S/C19H25N3O/c23-19-17-13-16(17)18(20-21-19)15-8-6-14(7-9-15)5-1-2-10-22-11-3-4-12-22/h6-9,16-17H,1-5,10-13H2,(H,21,23). The number of unbranched alkanes of at least 4 members (excludes halogenated alkanes) is 1. The molecule has 4 heteroatoms. The molecule has 1 amide bonds. The summed E-state index contributed by atoms with van der Waals surface area (Å²) in [4.78, 5) is 14.1. The lowest BCUT2D eigenvalue weighted by molar-refractivity contribution is -0.122. The highest BCUT2D eigenvalue weighted by Crippen LogP contribution is 2.43. The summed E-state index contributed by atoms with van der Waals surface area (Å²) in [5.41, 5.74) is 6.29. The molecule has 4 rings (SSSR count). The molecular weight excluding hydrogens is 286 g/mol. The second-order valence-electron chi connectivity index (χ2n) is 7.12. The van der Waals surface area contributed by atoms with E-state index >= 15 is 0 Å². The number of amides is 1. The minimum Gasteiger partial charge on any atom is -0.303 e. The number of benzene rings is 1. The zero-order valence-corrected chi connectivity index (χ0v) is 13.6. The predicted molar refractivity (Wildman–Crippen MR) is 91.3 cm³/mol. The molecule has 2 heterocycles. The molecule has 1 aromatic rings. The number of nitrogens with zero attached hydrogens (tertiary/aromatic N) is 2. The molecule has 1 saturated carbocycles. The monoisotopic (exact) mass is 311 g/mol. The molecule has 2 atom stereocenters. The zero-order chi connectivity index (χ0) is 15.6. The lowest BCUT2D eigenvalue weighted by Crippen LogP contribution is -2.28. The smallest absolute Gasteiger partial charge is 0.243 e. The molecule has 0 aromatic heterocycles. The van der Waals surface area contributed by atoms with Crippen molar-refractivity contribution in [2.45, 2.75) is 38.5 Å². The van der Waals surface area contributed by atoms with E-state index in [9.17, 15) is 4.79 Å². The van der Waals surface area contributed by atoms with Gasteiger partial charge in [-0.05, 0) is 69.3 Å². The van der Waals surface area contributed by atoms with Gasteiger partial charge in [-0.25, -0.2) is 5.43 Å². The molecule has 0 spiro atoms. The molecule has 2 aliphatic heterocycles. The van der Waals surface area contributed by atoms with Crippen LogP contribution in [0.2, 0.25) is 0 Å². The van der Waals surface area contributed by atoms with Gasteiger partial charge in [0.05, 0.1) is 5.71 Å². The van der Waals surface area contributed by atoms with Gasteiger partial charge in [-0.2, -0.15) is 5.10 Å². The van der Waals surface area contributed by atoms with E-state index in [0.717, 1.165) is 18.6 Å². The average molecular weight is 311 g/mol. The Kier molecular flexibility index (Phi) is 4.17. The highest BCUT2D eigenvalue weighted by molar-refractivity contribution is 6.09. The van der Waals surface area contributed by atoms with E-state index < -0.39 is 0 Å². The molecule has 23 heavy (non-hydrogen) atoms. The summed E-state index contributed by atoms with van der Waals surface area (Å²) in [5.74, 6) is 0.621. The van der Waals surface area contributed by atoms with E-state index in [1.165, 1.54) is 56.4 Å². The second kappa shape index (κ2) is 6.44. The number of hydrogen-bond donors (Lipinski definition) is 1. The highest BCUT2D eigenvalue weighted by Gasteiger charge is 2.49. The van der Waals surface area contributed by atoms with E-state index in [1.54, 1.807) is 0 Å². The SMILES string of the molecule is O=C1NN=C(c2ccc(CCCCN3CCCC3)cc2)C2CC12. The molecule has 2 unspecified atom stereocenters. The Bertz CT molecular complexity index is 602. The molecule has 1 N–H and O–H groups in total. The quantitative estimate of drug-likeness (QED) is 0.821. The molecule has 1 saturated heterocycles. The summed E-state index contributed by atoms with van der Waals surface area (Å²) in [6.45, 7) is 3.86. The van der Waals surface area contributed by atoms with Crippen LogP contribution in [0.15, 0.2) is 29.4 Å². The maximum absolute atomic E-state index is 11.5. The zero-order valence-electron chi connectivity index (χ0n) is 13.6. The number of rotatable bonds is 6. The molecule has 122 valence electrons. The van der Waals surface area contributed by atoms with Crippen LogP contribution in [-0.4, -0.2) is 36.2 Å². The van der Waals surface area contributed by atoms with Crippen molar-refractivity contribution < 1.29 is 4.79 Å². The van der Waals surface area contributed by atoms with Crippen molar-refractivity contribution >= 4 is 11.6 Å². The molecular formula is C19H25N3O. The molecule has 1 aromatic carbocycles. The first kappa shape index (κ1) is 14.9. The molecule has 2 fully saturated rings. The van der Waals surface area contributed by atoms with E-state index in [0.29, 0.717) is 5.92 Å². The number of hydrogen-bond acceptors (Lipinski definition) is 3. The van der Waals surface area contributed by atoms with Crippen LogP contribution in [0.25, 0.3) is 0 Å². The fourth-order valence-electron chi connectivity index (χ4n) is 3.86. The summed E-state index contributed by atoms with van der Waals surface area (Å²) in [7, 11) is 0. The Morgan fingerprint density at radius 3 is 2.65 bits per heavy atom. The van der Waals surface area contributed by atoms with Gasteiger partial charge in [0.15, 0.2) is 0 Å². The predicted octanol–water partition coefficient (Wildman–Crippen LogP) is 2.58. The first-order chi connectivity index (χ1) is 11.3. The maximum atomic E-state index is 11.5. The van der Waals surface area contributed by atoms with Crippen molar-refractivity contribution in [2.24, 2.45) is 16.9 Å². The van der Waals surface area contributed by atoms with Gasteiger partial charge in [0, 0.05) is 11.8 Å². The van der Waals surface area contributed by atoms with Crippen LogP contribution in [0.3, 0.4) is 0 Å². The van der Waals surface area contributed by atoms with Gasteiger partial charge in [-0.15, -0.1) is 0 Å². The summed E-state index contributed by atoms with van der Waals surface area (Å²) in [6, 6.07) is 8.78. The van der Waals surface area contributed by atoms with Crippen LogP contribution in [0.4, 0.5) is 0 Å². The third kappa shape index (κ3) is 3.32. The Morgan fingerprint density at radius 2 is 1.87 bits per heavy atom. The van der Waals surface area contributed by atoms with Gasteiger partial charge in [0.2, 0.25) is 5.91 Å². The van der Waals surface area contributed by atoms with E-state index in [-0.39, 0.29) is 11.8 Å². The summed E-state index contributed by atoms with van der Waals surface area (Å²) in [6.07, 6.45) is 7.44. The van der Waals surface area contributed by atoms with Crippen LogP contribution in [0, 0.1) is 11.8 Å². The molecule has 3 aliphatic rings. The number of carbonyl (C=O) groups excluding carboxylic acids is 1. The Labute approximate surface area is 137 Å². The summed E-state index contributed by atoms with van der Waals surface area (Å²) in [5, 5.41) is 4.26. The van der Waals surface area contributed by atoms with Crippen molar-refractivity contribution in [3.63, 3.8) is 0 Å². The third-order valence-electron chi connectivity index (χ3n) is 5.40. The average Bonchev–Trinajstić information content (AvgIpc) is 3.22. The number of likely N-dealkylation sites (tertiary alicyclic amines) is 1. The lowest BCUT2D eigenvalue weighted by Gasteiger charge is -2.14. The third-order valence-corrected chi connectivity index (χ3v) is 5.40. The summed E-state index contributed by atoms with van der Waals surface area (Å²) >= 11 is 0. The maximum Gasteiger partial charge on any atom is 0.243 e. The van der Waals surface area contributed by atoms with Gasteiger partial charge >= 0.3 is 0 Å². The summed E-state index contributed by atoms with van der Waals surface area (Å²) < 4.78 is 0. The normalized spacial score (nSPS) is 26.6. The van der Waals surface area contributed by atoms with Crippen LogP contribution in [0.1, 0.15) is 43.2 Å². The van der Waals surface area contributed by atoms with Gasteiger partial charge in [0.1, 0.15) is 0 Å². The number of nitrogens with one attached hydrogen (secondary N) is 1. The molecule has 4 nitrogen and oxygen atoms in total. The van der Waals surface area contributed by atoms with Gasteiger partial charge in [-0.1, -0.05) is 24.3 Å². The number of aryl methyl sites for hydroxylation is 1. The van der Waals surface area contributed by atoms with Gasteiger partial charge in [-0.3, -0.25) is 4.79 Å². The molecule has 0 radical (unpaired) electrons. The first-order valence-electron chi connectivity index (χ1n) is 9.00. The van der Waals surface area contributed by atoms with Crippen molar-refractivity contribution in [3.05, 3.63) is 35.4 Å². The Hall–Kier alpha value is -1.68. The lowest BCUT2D eigenvalue weighted by atomic mass is 10.0. The highest BCUT2D eigenvalue weighted by atomic mass is 16.2. The molecule has 1 aliphatic carbocycles. The van der Waals surface area contributed by atoms with Crippen molar-refractivity contribution in [1.29, 1.82) is 0 Å². The molecule has 0 bridgehead atoms. The van der Waals surface area contributed by atoms with Crippen molar-refractivity contribution in [1.82, 2.24) is 10.3 Å². The number of fused-ring (bicyclic) bond motifs is 1. The fraction of sp³-hybridized carbons (Fsp3) is 0.579. The van der Waals surface area contributed by atoms with Crippen molar-refractivity contribution in [3.8, 4) is 0 Å². The topological polar surface area (TPSA) is 44.7 Å². The van der Waals surface area contributed by atoms with E-state index in [4.69, 9.17) is 0 Å². The van der Waals surface area contributed by atoms with Crippen LogP contribution in [-0.2, 0) is 11.2 Å². The fourth-order valence-corrected chi connectivity index (χ4v) is 3.86. The van der Waals surface area contributed by atoms with E-state index in [2.05, 4.69) is 39.7 Å². The Morgan fingerprint density at radius 1 is 1.09 bits per heavy atom. The van der Waals surface area contributed by atoms with E-state index in [1.807, 2.05) is 0 Å². The van der Waals surface area contributed by atoms with Crippen LogP contribution < -0.4 is 5.43 Å². The van der Waals surface area contributed by atoms with Gasteiger partial charge in [0.25, 0.3) is 0 Å². The number of hydrazone groups is 1.